The van der Waals surface area contributed by atoms with Crippen LogP contribution in [0.5, 0.6) is 0 Å². The topological polar surface area (TPSA) is 138 Å². The molecule has 2 aromatic rings. The summed E-state index contributed by atoms with van der Waals surface area (Å²) in [6.45, 7) is 1.48. The van der Waals surface area contributed by atoms with Crippen LogP contribution in [0.25, 0.3) is 0 Å². The number of thioether (sulfide) groups is 1. The number of anilines is 1. The molecule has 12 heteroatoms. The zero-order chi connectivity index (χ0) is 15.2. The number of hydrogen-bond donors (Lipinski definition) is 1. The van der Waals surface area contributed by atoms with Crippen LogP contribution in [0.2, 0.25) is 0 Å². The van der Waals surface area contributed by atoms with E-state index in [1.165, 1.54) is 11.8 Å². The van der Waals surface area contributed by atoms with Gasteiger partial charge in [0.15, 0.2) is 0 Å². The van der Waals surface area contributed by atoms with Gasteiger partial charge in [-0.2, -0.15) is 0 Å². The van der Waals surface area contributed by atoms with Crippen molar-refractivity contribution in [1.29, 1.82) is 0 Å². The molecule has 11 nitrogen and oxygen atoms in total. The number of aryl methyl sites for hydroxylation is 1. The van der Waals surface area contributed by atoms with Crippen LogP contribution in [0.4, 0.5) is 6.01 Å². The molecule has 1 amide bonds. The maximum atomic E-state index is 11.7. The molecule has 0 spiro atoms. The van der Waals surface area contributed by atoms with Crippen molar-refractivity contribution >= 4 is 29.7 Å². The van der Waals surface area contributed by atoms with Crippen molar-refractivity contribution in [3.05, 3.63) is 5.89 Å². The van der Waals surface area contributed by atoms with Crippen LogP contribution < -0.4 is 5.32 Å². The van der Waals surface area contributed by atoms with Crippen molar-refractivity contribution in [3.8, 4) is 0 Å². The summed E-state index contributed by atoms with van der Waals surface area (Å²) in [4.78, 5) is 22.8. The number of hydrogen-bond acceptors (Lipinski definition) is 10. The highest BCUT2D eigenvalue weighted by molar-refractivity contribution is 7.99. The molecule has 2 heterocycles. The summed E-state index contributed by atoms with van der Waals surface area (Å²) in [5.74, 6) is -0.491. The number of rotatable bonds is 6. The lowest BCUT2D eigenvalue weighted by Gasteiger charge is -2.02. The minimum Gasteiger partial charge on any atom is -0.468 e. The van der Waals surface area contributed by atoms with Gasteiger partial charge in [0.2, 0.25) is 17.0 Å². The van der Waals surface area contributed by atoms with Crippen LogP contribution in [0.1, 0.15) is 5.89 Å². The van der Waals surface area contributed by atoms with Crippen molar-refractivity contribution in [3.63, 3.8) is 0 Å². The lowest BCUT2D eigenvalue weighted by Crippen LogP contribution is -2.16. The first-order chi connectivity index (χ1) is 10.1. The smallest absolute Gasteiger partial charge is 0.327 e. The van der Waals surface area contributed by atoms with Gasteiger partial charge in [-0.1, -0.05) is 16.9 Å². The summed E-state index contributed by atoms with van der Waals surface area (Å²) in [6, 6.07) is 0.0206. The fourth-order valence-electron chi connectivity index (χ4n) is 1.22. The normalized spacial score (nSPS) is 10.4. The van der Waals surface area contributed by atoms with E-state index in [0.717, 1.165) is 11.8 Å². The number of carbonyl (C=O) groups is 2. The highest BCUT2D eigenvalue weighted by atomic mass is 32.2. The third-order valence-corrected chi connectivity index (χ3v) is 3.07. The molecule has 0 atom stereocenters. The summed E-state index contributed by atoms with van der Waals surface area (Å²) >= 11 is 1.06. The Morgan fingerprint density at radius 2 is 2.19 bits per heavy atom. The molecule has 0 aliphatic heterocycles. The first-order valence-electron chi connectivity index (χ1n) is 5.64. The number of carbonyl (C=O) groups excluding carboxylic acids is 2. The predicted octanol–water partition coefficient (Wildman–Crippen LogP) is -0.732. The maximum absolute atomic E-state index is 11.7. The van der Waals surface area contributed by atoms with E-state index in [-0.39, 0.29) is 24.2 Å². The second-order valence-electron chi connectivity index (χ2n) is 3.66. The summed E-state index contributed by atoms with van der Waals surface area (Å²) in [5.41, 5.74) is 0. The molecule has 0 radical (unpaired) electrons. The van der Waals surface area contributed by atoms with E-state index in [1.54, 1.807) is 6.92 Å². The lowest BCUT2D eigenvalue weighted by molar-refractivity contribution is -0.141. The molecule has 0 aliphatic rings. The first kappa shape index (κ1) is 14.9. The first-order valence-corrected chi connectivity index (χ1v) is 6.63. The quantitative estimate of drug-likeness (QED) is 0.536. The molecule has 0 aliphatic carbocycles. The Kier molecular flexibility index (Phi) is 4.81. The molecule has 21 heavy (non-hydrogen) atoms. The summed E-state index contributed by atoms with van der Waals surface area (Å²) in [5, 5.41) is 20.7. The Labute approximate surface area is 122 Å². The van der Waals surface area contributed by atoms with Crippen LogP contribution in [-0.2, 0) is 20.9 Å². The summed E-state index contributed by atoms with van der Waals surface area (Å²) in [7, 11) is 1.26. The fraction of sp³-hybridized carbons (Fsp3) is 0.444. The minimum atomic E-state index is -0.491. The van der Waals surface area contributed by atoms with Gasteiger partial charge >= 0.3 is 12.0 Å². The largest absolute Gasteiger partial charge is 0.468 e. The molecule has 1 N–H and O–H groups in total. The van der Waals surface area contributed by atoms with Crippen LogP contribution in [0.3, 0.4) is 0 Å². The van der Waals surface area contributed by atoms with Crippen molar-refractivity contribution in [2.75, 3.05) is 18.2 Å². The summed E-state index contributed by atoms with van der Waals surface area (Å²) in [6.07, 6.45) is 0. The van der Waals surface area contributed by atoms with Gasteiger partial charge in [0.25, 0.3) is 0 Å². The third kappa shape index (κ3) is 4.24. The van der Waals surface area contributed by atoms with Gasteiger partial charge in [-0.3, -0.25) is 14.9 Å². The van der Waals surface area contributed by atoms with Gasteiger partial charge < -0.3 is 9.15 Å². The highest BCUT2D eigenvalue weighted by Gasteiger charge is 2.14. The average Bonchev–Trinajstić information content (AvgIpc) is 3.05. The molecule has 112 valence electrons. The van der Waals surface area contributed by atoms with E-state index >= 15 is 0 Å². The highest BCUT2D eigenvalue weighted by Crippen LogP contribution is 2.14. The Bertz CT molecular complexity index is 640. The molecule has 2 aromatic heterocycles. The van der Waals surface area contributed by atoms with E-state index in [9.17, 15) is 9.59 Å². The molecule has 0 saturated heterocycles. The zero-order valence-electron chi connectivity index (χ0n) is 11.1. The number of amides is 1. The van der Waals surface area contributed by atoms with Crippen LogP contribution in [0, 0.1) is 6.92 Å². The zero-order valence-corrected chi connectivity index (χ0v) is 12.0. The second kappa shape index (κ2) is 6.78. The maximum Gasteiger partial charge on any atom is 0.327 e. The third-order valence-electron chi connectivity index (χ3n) is 2.11. The van der Waals surface area contributed by atoms with Crippen molar-refractivity contribution < 1.29 is 18.7 Å². The predicted molar refractivity (Wildman–Crippen MR) is 68.2 cm³/mol. The van der Waals surface area contributed by atoms with E-state index in [0.29, 0.717) is 11.0 Å². The molecule has 0 saturated carbocycles. The average molecular weight is 313 g/mol. The number of methoxy groups -OCH3 is 1. The van der Waals surface area contributed by atoms with Gasteiger partial charge in [0.05, 0.1) is 12.9 Å². The number of ether oxygens (including phenoxy) is 1. The fourth-order valence-corrected chi connectivity index (χ4v) is 1.90. The molecular weight excluding hydrogens is 302 g/mol. The molecular formula is C9H11N7O4S. The van der Waals surface area contributed by atoms with Gasteiger partial charge in [-0.15, -0.1) is 10.2 Å². The van der Waals surface area contributed by atoms with Crippen LogP contribution in [0.15, 0.2) is 9.57 Å². The van der Waals surface area contributed by atoms with Gasteiger partial charge in [0, 0.05) is 6.92 Å². The van der Waals surface area contributed by atoms with Crippen LogP contribution in [-0.4, -0.2) is 55.1 Å². The minimum absolute atomic E-state index is 0.0168. The number of nitrogens with zero attached hydrogens (tertiary/aromatic N) is 6. The monoisotopic (exact) mass is 313 g/mol. The molecule has 0 fully saturated rings. The molecule has 0 bridgehead atoms. The number of nitrogens with one attached hydrogen (secondary N) is 1. The number of aromatic nitrogens is 6. The lowest BCUT2D eigenvalue weighted by atomic mass is 10.7. The Morgan fingerprint density at radius 3 is 2.86 bits per heavy atom. The Hall–Kier alpha value is -2.50. The number of esters is 1. The molecule has 0 aromatic carbocycles. The van der Waals surface area contributed by atoms with Gasteiger partial charge in [0.1, 0.15) is 6.54 Å². The summed E-state index contributed by atoms with van der Waals surface area (Å²) < 4.78 is 10.8. The Morgan fingerprint density at radius 1 is 1.38 bits per heavy atom. The standard InChI is InChI=1S/C9H11N7O4S/c1-5-11-12-8(20-5)10-6(17)4-21-9-13-14-15-16(9)3-7(18)19-2/h3-4H2,1-2H3,(H,10,12,17). The van der Waals surface area contributed by atoms with Crippen molar-refractivity contribution in [2.24, 2.45) is 0 Å². The SMILES string of the molecule is COC(=O)Cn1nnnc1SCC(=O)Nc1nnc(C)o1. The van der Waals surface area contributed by atoms with Crippen LogP contribution >= 0.6 is 11.8 Å². The van der Waals surface area contributed by atoms with Crippen molar-refractivity contribution in [1.82, 2.24) is 30.4 Å². The van der Waals surface area contributed by atoms with E-state index < -0.39 is 5.97 Å². The van der Waals surface area contributed by atoms with E-state index in [2.05, 4.69) is 35.8 Å². The van der Waals surface area contributed by atoms with E-state index in [1.807, 2.05) is 0 Å². The Balaban J connectivity index is 1.86. The molecule has 2 rings (SSSR count). The van der Waals surface area contributed by atoms with E-state index in [4.69, 9.17) is 4.42 Å². The van der Waals surface area contributed by atoms with Gasteiger partial charge in [-0.05, 0) is 10.4 Å². The molecule has 0 unspecified atom stereocenters. The van der Waals surface area contributed by atoms with Crippen molar-refractivity contribution in [2.45, 2.75) is 18.6 Å². The second-order valence-corrected chi connectivity index (χ2v) is 4.60. The number of tetrazole rings is 1. The van der Waals surface area contributed by atoms with Gasteiger partial charge in [-0.25, -0.2) is 4.68 Å².